The van der Waals surface area contributed by atoms with E-state index >= 15 is 0 Å². The number of para-hydroxylation sites is 2. The Kier molecular flexibility index (Phi) is 6.07. The third kappa shape index (κ3) is 4.51. The molecule has 0 bridgehead atoms. The highest BCUT2D eigenvalue weighted by atomic mass is 32.2. The van der Waals surface area contributed by atoms with Crippen LogP contribution in [0, 0.1) is 0 Å². The average molecular weight is 418 g/mol. The number of hydrogen-bond donors (Lipinski definition) is 1. The molecule has 8 nitrogen and oxygen atoms in total. The smallest absolute Gasteiger partial charge is 0.338 e. The SMILES string of the molecule is CCOC(=O)c1cccc(NC(=O)[C@H]2CN(S(=O)(=O)CC)c3ccccc3O2)c1. The molecule has 1 amide bonds. The van der Waals surface area contributed by atoms with Gasteiger partial charge in [-0.1, -0.05) is 18.2 Å². The van der Waals surface area contributed by atoms with Crippen LogP contribution in [0.25, 0.3) is 0 Å². The number of rotatable bonds is 6. The van der Waals surface area contributed by atoms with Crippen LogP contribution in [0.3, 0.4) is 0 Å². The molecule has 1 heterocycles. The third-order valence-corrected chi connectivity index (χ3v) is 6.12. The molecule has 9 heteroatoms. The number of esters is 1. The van der Waals surface area contributed by atoms with Crippen LogP contribution in [0.4, 0.5) is 11.4 Å². The predicted octanol–water partition coefficient (Wildman–Crippen LogP) is 2.42. The van der Waals surface area contributed by atoms with E-state index in [1.165, 1.54) is 10.4 Å². The quantitative estimate of drug-likeness (QED) is 0.723. The molecule has 3 rings (SSSR count). The van der Waals surface area contributed by atoms with Crippen molar-refractivity contribution in [2.24, 2.45) is 0 Å². The molecule has 0 saturated carbocycles. The summed E-state index contributed by atoms with van der Waals surface area (Å²) >= 11 is 0. The lowest BCUT2D eigenvalue weighted by molar-refractivity contribution is -0.122. The highest BCUT2D eigenvalue weighted by Crippen LogP contribution is 2.35. The minimum absolute atomic E-state index is 0.0999. The number of sulfonamides is 1. The van der Waals surface area contributed by atoms with Crippen molar-refractivity contribution >= 4 is 33.3 Å². The van der Waals surface area contributed by atoms with Crippen molar-refractivity contribution in [3.8, 4) is 5.75 Å². The molecule has 1 N–H and O–H groups in total. The van der Waals surface area contributed by atoms with Gasteiger partial charge >= 0.3 is 5.97 Å². The molecule has 1 aliphatic rings. The molecule has 1 aliphatic heterocycles. The number of benzene rings is 2. The Balaban J connectivity index is 1.82. The maximum absolute atomic E-state index is 12.8. The van der Waals surface area contributed by atoms with Crippen LogP contribution in [-0.2, 0) is 19.6 Å². The first-order valence-electron chi connectivity index (χ1n) is 9.20. The zero-order valence-corrected chi connectivity index (χ0v) is 16.9. The summed E-state index contributed by atoms with van der Waals surface area (Å²) in [6, 6.07) is 13.0. The summed E-state index contributed by atoms with van der Waals surface area (Å²) < 4.78 is 36.9. The van der Waals surface area contributed by atoms with Crippen molar-refractivity contribution in [2.75, 3.05) is 28.5 Å². The van der Waals surface area contributed by atoms with Gasteiger partial charge in [0.2, 0.25) is 10.0 Å². The number of amides is 1. The van der Waals surface area contributed by atoms with Crippen LogP contribution in [0.2, 0.25) is 0 Å². The van der Waals surface area contributed by atoms with Gasteiger partial charge in [-0.05, 0) is 44.2 Å². The summed E-state index contributed by atoms with van der Waals surface area (Å²) in [7, 11) is -3.59. The van der Waals surface area contributed by atoms with E-state index in [9.17, 15) is 18.0 Å². The lowest BCUT2D eigenvalue weighted by Gasteiger charge is -2.34. The molecular weight excluding hydrogens is 396 g/mol. The van der Waals surface area contributed by atoms with Crippen LogP contribution in [0.15, 0.2) is 48.5 Å². The van der Waals surface area contributed by atoms with E-state index in [0.29, 0.717) is 22.7 Å². The van der Waals surface area contributed by atoms with Crippen LogP contribution in [0.1, 0.15) is 24.2 Å². The fourth-order valence-electron chi connectivity index (χ4n) is 2.92. The zero-order valence-electron chi connectivity index (χ0n) is 16.1. The summed E-state index contributed by atoms with van der Waals surface area (Å²) in [4.78, 5) is 24.6. The van der Waals surface area contributed by atoms with E-state index in [2.05, 4.69) is 5.32 Å². The number of nitrogens with one attached hydrogen (secondary N) is 1. The van der Waals surface area contributed by atoms with E-state index < -0.39 is 28.0 Å². The van der Waals surface area contributed by atoms with Crippen molar-refractivity contribution in [2.45, 2.75) is 20.0 Å². The molecule has 0 aliphatic carbocycles. The Bertz CT molecular complexity index is 1020. The molecule has 0 unspecified atom stereocenters. The van der Waals surface area contributed by atoms with Crippen molar-refractivity contribution in [1.29, 1.82) is 0 Å². The van der Waals surface area contributed by atoms with Crippen molar-refractivity contribution in [3.63, 3.8) is 0 Å². The molecule has 29 heavy (non-hydrogen) atoms. The third-order valence-electron chi connectivity index (χ3n) is 4.37. The van der Waals surface area contributed by atoms with Gasteiger partial charge in [0.25, 0.3) is 5.91 Å². The predicted molar refractivity (Wildman–Crippen MR) is 109 cm³/mol. The number of ether oxygens (including phenoxy) is 2. The van der Waals surface area contributed by atoms with Gasteiger partial charge in [0.15, 0.2) is 6.10 Å². The van der Waals surface area contributed by atoms with Gasteiger partial charge < -0.3 is 14.8 Å². The van der Waals surface area contributed by atoms with Gasteiger partial charge in [-0.25, -0.2) is 13.2 Å². The first-order chi connectivity index (χ1) is 13.9. The highest BCUT2D eigenvalue weighted by molar-refractivity contribution is 7.92. The van der Waals surface area contributed by atoms with Crippen LogP contribution in [-0.4, -0.2) is 45.3 Å². The summed E-state index contributed by atoms with van der Waals surface area (Å²) in [6.07, 6.45) is -1.04. The molecule has 0 radical (unpaired) electrons. The normalized spacial score (nSPS) is 15.8. The van der Waals surface area contributed by atoms with Crippen molar-refractivity contribution in [1.82, 2.24) is 0 Å². The summed E-state index contributed by atoms with van der Waals surface area (Å²) in [5.41, 5.74) is 1.09. The first kappa shape index (κ1) is 20.7. The Labute approximate surface area is 169 Å². The van der Waals surface area contributed by atoms with E-state index in [4.69, 9.17) is 9.47 Å². The Hall–Kier alpha value is -3.07. The summed E-state index contributed by atoms with van der Waals surface area (Å²) in [6.45, 7) is 3.35. The van der Waals surface area contributed by atoms with E-state index in [0.717, 1.165) is 0 Å². The lowest BCUT2D eigenvalue weighted by atomic mass is 10.2. The van der Waals surface area contributed by atoms with Gasteiger partial charge in [-0.15, -0.1) is 0 Å². The topological polar surface area (TPSA) is 102 Å². The van der Waals surface area contributed by atoms with E-state index in [1.807, 2.05) is 0 Å². The second-order valence-corrected chi connectivity index (χ2v) is 8.48. The minimum Gasteiger partial charge on any atom is -0.476 e. The average Bonchev–Trinajstić information content (AvgIpc) is 2.73. The Morgan fingerprint density at radius 3 is 2.66 bits per heavy atom. The Morgan fingerprint density at radius 2 is 1.93 bits per heavy atom. The molecule has 0 aromatic heterocycles. The highest BCUT2D eigenvalue weighted by Gasteiger charge is 2.35. The molecule has 2 aromatic rings. The monoisotopic (exact) mass is 418 g/mol. The van der Waals surface area contributed by atoms with Gasteiger partial charge in [-0.2, -0.15) is 0 Å². The number of carbonyl (C=O) groups excluding carboxylic acids is 2. The molecule has 154 valence electrons. The first-order valence-corrected chi connectivity index (χ1v) is 10.8. The number of carbonyl (C=O) groups is 2. The van der Waals surface area contributed by atoms with Gasteiger partial charge in [-0.3, -0.25) is 9.10 Å². The fraction of sp³-hybridized carbons (Fsp3) is 0.300. The maximum atomic E-state index is 12.8. The van der Waals surface area contributed by atoms with E-state index in [-0.39, 0.29) is 18.9 Å². The molecular formula is C20H22N2O6S. The van der Waals surface area contributed by atoms with Gasteiger partial charge in [0, 0.05) is 5.69 Å². The lowest BCUT2D eigenvalue weighted by Crippen LogP contribution is -2.49. The van der Waals surface area contributed by atoms with Crippen LogP contribution < -0.4 is 14.4 Å². The minimum atomic E-state index is -3.59. The number of anilines is 2. The van der Waals surface area contributed by atoms with Crippen LogP contribution in [0.5, 0.6) is 5.75 Å². The zero-order chi connectivity index (χ0) is 21.0. The largest absolute Gasteiger partial charge is 0.476 e. The molecule has 0 fully saturated rings. The molecule has 0 spiro atoms. The molecule has 2 aromatic carbocycles. The van der Waals surface area contributed by atoms with Gasteiger partial charge in [0.1, 0.15) is 5.75 Å². The summed E-state index contributed by atoms with van der Waals surface area (Å²) in [5.74, 6) is -0.795. The Morgan fingerprint density at radius 1 is 1.17 bits per heavy atom. The molecule has 0 saturated heterocycles. The fourth-order valence-corrected chi connectivity index (χ4v) is 4.04. The van der Waals surface area contributed by atoms with Crippen molar-refractivity contribution < 1.29 is 27.5 Å². The standard InChI is InChI=1S/C20H22N2O6S/c1-3-27-20(24)14-8-7-9-15(12-14)21-19(23)18-13-22(29(25,26)4-2)16-10-5-6-11-17(16)28-18/h5-12,18H,3-4,13H2,1-2H3,(H,21,23)/t18-/m1/s1. The second-order valence-electron chi connectivity index (χ2n) is 6.30. The number of nitrogens with zero attached hydrogens (tertiary/aromatic N) is 1. The number of hydrogen-bond acceptors (Lipinski definition) is 6. The van der Waals surface area contributed by atoms with Gasteiger partial charge in [0.05, 0.1) is 30.2 Å². The maximum Gasteiger partial charge on any atom is 0.338 e. The number of fused-ring (bicyclic) bond motifs is 1. The van der Waals surface area contributed by atoms with Crippen LogP contribution >= 0.6 is 0 Å². The molecule has 1 atom stereocenters. The van der Waals surface area contributed by atoms with Crippen molar-refractivity contribution in [3.05, 3.63) is 54.1 Å². The van der Waals surface area contributed by atoms with E-state index in [1.54, 1.807) is 56.3 Å². The second kappa shape index (κ2) is 8.52. The summed E-state index contributed by atoms with van der Waals surface area (Å²) in [5, 5.41) is 2.68.